The zero-order valence-corrected chi connectivity index (χ0v) is 19.8. The molecule has 3 heterocycles. The lowest BCUT2D eigenvalue weighted by Crippen LogP contribution is -2.51. The summed E-state index contributed by atoms with van der Waals surface area (Å²) in [5.41, 5.74) is 1.71. The van der Waals surface area contributed by atoms with Crippen molar-refractivity contribution in [1.82, 2.24) is 20.2 Å². The predicted octanol–water partition coefficient (Wildman–Crippen LogP) is 3.18. The first-order valence-electron chi connectivity index (χ1n) is 11.2. The predicted molar refractivity (Wildman–Crippen MR) is 127 cm³/mol. The molecule has 0 aliphatic carbocycles. The largest absolute Gasteiger partial charge is 0.441 e. The van der Waals surface area contributed by atoms with E-state index in [0.29, 0.717) is 43.6 Å². The Hall–Kier alpha value is -2.91. The number of carbonyl (C=O) groups is 2. The number of hydrogen-bond acceptors (Lipinski definition) is 7. The average molecular weight is 473 g/mol. The van der Waals surface area contributed by atoms with E-state index in [9.17, 15) is 9.59 Å². The summed E-state index contributed by atoms with van der Waals surface area (Å²) in [6, 6.07) is 7.77. The van der Waals surface area contributed by atoms with Crippen LogP contribution in [0.4, 0.5) is 16.4 Å². The summed E-state index contributed by atoms with van der Waals surface area (Å²) >= 11 is 6.06. The first-order valence-corrected chi connectivity index (χ1v) is 11.6. The van der Waals surface area contributed by atoms with Crippen molar-refractivity contribution in [3.8, 4) is 0 Å². The Labute approximate surface area is 198 Å². The Kier molecular flexibility index (Phi) is 6.99. The fourth-order valence-corrected chi connectivity index (χ4v) is 4.34. The van der Waals surface area contributed by atoms with Gasteiger partial charge in [0.15, 0.2) is 0 Å². The minimum absolute atomic E-state index is 0.0961. The zero-order valence-electron chi connectivity index (χ0n) is 19.0. The maximum Gasteiger partial charge on any atom is 0.413 e. The van der Waals surface area contributed by atoms with Crippen molar-refractivity contribution in [3.05, 3.63) is 46.7 Å². The van der Waals surface area contributed by atoms with Crippen LogP contribution in [0.15, 0.2) is 30.6 Å². The summed E-state index contributed by atoms with van der Waals surface area (Å²) in [5, 5.41) is 6.69. The quantitative estimate of drug-likeness (QED) is 0.666. The van der Waals surface area contributed by atoms with E-state index >= 15 is 0 Å². The van der Waals surface area contributed by atoms with Gasteiger partial charge in [-0.3, -0.25) is 10.1 Å². The maximum atomic E-state index is 13.5. The van der Waals surface area contributed by atoms with Crippen molar-refractivity contribution in [3.63, 3.8) is 0 Å². The lowest BCUT2D eigenvalue weighted by molar-refractivity contribution is -0.133. The average Bonchev–Trinajstić information content (AvgIpc) is 2.79. The smallest absolute Gasteiger partial charge is 0.413 e. The number of ether oxygens (including phenoxy) is 1. The number of piperazine rings is 1. The summed E-state index contributed by atoms with van der Waals surface area (Å²) in [6.45, 7) is 8.90. The van der Waals surface area contributed by atoms with Gasteiger partial charge in [0.2, 0.25) is 5.91 Å². The molecule has 4 rings (SSSR count). The van der Waals surface area contributed by atoms with Crippen LogP contribution in [0.5, 0.6) is 0 Å². The van der Waals surface area contributed by atoms with E-state index in [4.69, 9.17) is 16.3 Å². The molecular weight excluding hydrogens is 444 g/mol. The molecule has 1 aromatic carbocycles. The number of fused-ring (bicyclic) bond motifs is 1. The number of nitrogens with zero attached hydrogens (tertiary/aromatic N) is 4. The zero-order chi connectivity index (χ0) is 23.5. The van der Waals surface area contributed by atoms with Gasteiger partial charge in [-0.05, 0) is 24.6 Å². The van der Waals surface area contributed by atoms with Crippen molar-refractivity contribution in [2.24, 2.45) is 0 Å². The number of hydrogen-bond donors (Lipinski definition) is 2. The molecule has 2 aliphatic heterocycles. The standard InChI is InChI=1S/C23H29ClN6O3/c1-14(2)25-12-18(16-4-6-17(24)7-5-16)22(31)30-10-8-29(9-11-30)21-19-15(3)33-23(32)28-20(19)26-13-27-21/h4-7,13-15,18,25H,8-12H2,1-3H3,(H,26,27,28,32)/t15-,18+/m0/s1. The fraction of sp³-hybridized carbons (Fsp3) is 0.478. The lowest BCUT2D eigenvalue weighted by atomic mass is 9.96. The van der Waals surface area contributed by atoms with Crippen LogP contribution in [0.3, 0.4) is 0 Å². The van der Waals surface area contributed by atoms with Gasteiger partial charge < -0.3 is 19.9 Å². The van der Waals surface area contributed by atoms with Crippen molar-refractivity contribution >= 4 is 35.2 Å². The number of carbonyl (C=O) groups excluding carboxylic acids is 2. The highest BCUT2D eigenvalue weighted by Gasteiger charge is 2.33. The van der Waals surface area contributed by atoms with Crippen LogP contribution in [-0.4, -0.2) is 65.6 Å². The van der Waals surface area contributed by atoms with Crippen LogP contribution >= 0.6 is 11.6 Å². The normalized spacial score (nSPS) is 19.1. The summed E-state index contributed by atoms with van der Waals surface area (Å²) in [5.74, 6) is 1.02. The van der Waals surface area contributed by atoms with Crippen molar-refractivity contribution in [2.75, 3.05) is 42.9 Å². The molecule has 0 radical (unpaired) electrons. The van der Waals surface area contributed by atoms with Crippen LogP contribution in [0.25, 0.3) is 0 Å². The molecule has 0 unspecified atom stereocenters. The molecule has 9 nitrogen and oxygen atoms in total. The van der Waals surface area contributed by atoms with E-state index < -0.39 is 12.2 Å². The molecule has 2 N–H and O–H groups in total. The number of halogens is 1. The van der Waals surface area contributed by atoms with E-state index in [-0.39, 0.29) is 17.9 Å². The third-order valence-corrected chi connectivity index (χ3v) is 6.22. The van der Waals surface area contributed by atoms with Crippen molar-refractivity contribution < 1.29 is 14.3 Å². The fourth-order valence-electron chi connectivity index (χ4n) is 4.21. The van der Waals surface area contributed by atoms with Gasteiger partial charge in [0.05, 0.1) is 11.5 Å². The Bertz CT molecular complexity index is 1010. The van der Waals surface area contributed by atoms with Crippen molar-refractivity contribution in [1.29, 1.82) is 0 Å². The molecule has 176 valence electrons. The van der Waals surface area contributed by atoms with E-state index in [1.54, 1.807) is 0 Å². The summed E-state index contributed by atoms with van der Waals surface area (Å²) < 4.78 is 5.30. The Morgan fingerprint density at radius 1 is 1.21 bits per heavy atom. The second kappa shape index (κ2) is 9.93. The van der Waals surface area contributed by atoms with Gasteiger partial charge in [-0.25, -0.2) is 14.8 Å². The monoisotopic (exact) mass is 472 g/mol. The van der Waals surface area contributed by atoms with Crippen LogP contribution in [0.2, 0.25) is 5.02 Å². The van der Waals surface area contributed by atoms with Gasteiger partial charge >= 0.3 is 6.09 Å². The van der Waals surface area contributed by atoms with Crippen LogP contribution in [0.1, 0.15) is 43.9 Å². The van der Waals surface area contributed by atoms with E-state index in [2.05, 4.69) is 39.3 Å². The minimum Gasteiger partial charge on any atom is -0.441 e. The molecule has 2 amide bonds. The van der Waals surface area contributed by atoms with Gasteiger partial charge in [0.25, 0.3) is 0 Å². The third-order valence-electron chi connectivity index (χ3n) is 5.97. The molecule has 0 saturated carbocycles. The number of anilines is 2. The summed E-state index contributed by atoms with van der Waals surface area (Å²) in [6.07, 6.45) is 0.484. The van der Waals surface area contributed by atoms with Gasteiger partial charge in [0, 0.05) is 43.8 Å². The highest BCUT2D eigenvalue weighted by Crippen LogP contribution is 2.35. The number of cyclic esters (lactones) is 1. The minimum atomic E-state index is -0.515. The van der Waals surface area contributed by atoms with E-state index in [1.807, 2.05) is 36.1 Å². The molecule has 1 aromatic heterocycles. The second-order valence-corrected chi connectivity index (χ2v) is 9.05. The number of benzene rings is 1. The highest BCUT2D eigenvalue weighted by atomic mass is 35.5. The molecule has 2 aromatic rings. The molecule has 2 aliphatic rings. The van der Waals surface area contributed by atoms with Crippen LogP contribution < -0.4 is 15.5 Å². The number of aromatic nitrogens is 2. The van der Waals surface area contributed by atoms with Gasteiger partial charge in [-0.1, -0.05) is 37.6 Å². The molecule has 0 bridgehead atoms. The molecule has 33 heavy (non-hydrogen) atoms. The number of nitrogens with one attached hydrogen (secondary N) is 2. The summed E-state index contributed by atoms with van der Waals surface area (Å²) in [7, 11) is 0. The van der Waals surface area contributed by atoms with Gasteiger partial charge in [-0.15, -0.1) is 0 Å². The SMILES string of the molecule is CC(C)NC[C@@H](C(=O)N1CCN(c2ncnc3c2[C@H](C)OC(=O)N3)CC1)c1ccc(Cl)cc1. The topological polar surface area (TPSA) is 99.7 Å². The third kappa shape index (κ3) is 5.20. The highest BCUT2D eigenvalue weighted by molar-refractivity contribution is 6.30. The van der Waals surface area contributed by atoms with E-state index in [0.717, 1.165) is 16.9 Å². The number of amides is 2. The van der Waals surface area contributed by atoms with Crippen molar-refractivity contribution in [2.45, 2.75) is 38.8 Å². The van der Waals surface area contributed by atoms with Crippen LogP contribution in [-0.2, 0) is 9.53 Å². The maximum absolute atomic E-state index is 13.5. The van der Waals surface area contributed by atoms with E-state index in [1.165, 1.54) is 6.33 Å². The molecule has 1 saturated heterocycles. The Balaban J connectivity index is 1.47. The van der Waals surface area contributed by atoms with Gasteiger partial charge in [-0.2, -0.15) is 0 Å². The second-order valence-electron chi connectivity index (χ2n) is 8.61. The summed E-state index contributed by atoms with van der Waals surface area (Å²) in [4.78, 5) is 37.8. The molecular formula is C23H29ClN6O3. The molecule has 10 heteroatoms. The van der Waals surface area contributed by atoms with Crippen LogP contribution in [0, 0.1) is 0 Å². The Morgan fingerprint density at radius 2 is 1.91 bits per heavy atom. The van der Waals surface area contributed by atoms with Gasteiger partial charge in [0.1, 0.15) is 24.1 Å². The first kappa shape index (κ1) is 23.3. The number of rotatable bonds is 6. The molecule has 1 fully saturated rings. The first-order chi connectivity index (χ1) is 15.8. The lowest BCUT2D eigenvalue weighted by Gasteiger charge is -2.38. The Morgan fingerprint density at radius 3 is 2.58 bits per heavy atom. The molecule has 2 atom stereocenters. The molecule has 0 spiro atoms.